The molecule has 0 aliphatic carbocycles. The molecule has 0 bridgehead atoms. The van der Waals surface area contributed by atoms with Gasteiger partial charge >= 0.3 is 0 Å². The Kier molecular flexibility index (Phi) is 2.38. The van der Waals surface area contributed by atoms with Gasteiger partial charge in [0.05, 0.1) is 19.3 Å². The van der Waals surface area contributed by atoms with E-state index in [2.05, 4.69) is 15.1 Å². The van der Waals surface area contributed by atoms with E-state index in [-0.39, 0.29) is 5.92 Å². The molecule has 82 valence electrons. The molecule has 1 N–H and O–H groups in total. The van der Waals surface area contributed by atoms with Crippen LogP contribution in [0.5, 0.6) is 0 Å². The van der Waals surface area contributed by atoms with Crippen LogP contribution < -0.4 is 4.90 Å². The molecule has 0 atom stereocenters. The molecule has 0 unspecified atom stereocenters. The van der Waals surface area contributed by atoms with Crippen molar-refractivity contribution in [1.82, 2.24) is 10.2 Å². The highest BCUT2D eigenvalue weighted by atomic mass is 16.3. The molecule has 15 heavy (non-hydrogen) atoms. The Morgan fingerprint density at radius 2 is 2.13 bits per heavy atom. The number of aryl methyl sites for hydroxylation is 1. The van der Waals surface area contributed by atoms with Crippen LogP contribution in [0.25, 0.3) is 0 Å². The summed E-state index contributed by atoms with van der Waals surface area (Å²) in [5.74, 6) is 1.15. The lowest BCUT2D eigenvalue weighted by molar-refractivity contribution is -0.0305. The molecule has 1 aromatic heterocycles. The van der Waals surface area contributed by atoms with Gasteiger partial charge in [0.1, 0.15) is 5.60 Å². The van der Waals surface area contributed by atoms with Crippen LogP contribution in [0.4, 0.5) is 5.82 Å². The molecule has 0 spiro atoms. The Morgan fingerprint density at radius 1 is 1.47 bits per heavy atom. The van der Waals surface area contributed by atoms with Gasteiger partial charge in [0.15, 0.2) is 5.82 Å². The van der Waals surface area contributed by atoms with Gasteiger partial charge < -0.3 is 10.0 Å². The lowest BCUT2D eigenvalue weighted by Crippen LogP contribution is -2.65. The highest BCUT2D eigenvalue weighted by molar-refractivity contribution is 5.44. The minimum Gasteiger partial charge on any atom is -0.386 e. The Morgan fingerprint density at radius 3 is 2.67 bits per heavy atom. The van der Waals surface area contributed by atoms with Crippen LogP contribution in [0.3, 0.4) is 0 Å². The maximum absolute atomic E-state index is 10.1. The normalized spacial score (nSPS) is 19.1. The summed E-state index contributed by atoms with van der Waals surface area (Å²) < 4.78 is 0. The number of aliphatic hydroxyl groups is 1. The van der Waals surface area contributed by atoms with E-state index in [1.807, 2.05) is 26.8 Å². The molecule has 1 saturated heterocycles. The van der Waals surface area contributed by atoms with Crippen LogP contribution in [-0.2, 0) is 0 Å². The van der Waals surface area contributed by atoms with E-state index < -0.39 is 5.60 Å². The second kappa shape index (κ2) is 3.45. The van der Waals surface area contributed by atoms with Crippen molar-refractivity contribution in [1.29, 1.82) is 0 Å². The topological polar surface area (TPSA) is 49.2 Å². The number of aromatic nitrogens is 2. The van der Waals surface area contributed by atoms with Crippen molar-refractivity contribution in [3.8, 4) is 0 Å². The molecule has 0 aromatic carbocycles. The predicted octanol–water partition coefficient (Wildman–Crippen LogP) is 0.992. The lowest BCUT2D eigenvalue weighted by atomic mass is 9.83. The largest absolute Gasteiger partial charge is 0.386 e. The van der Waals surface area contributed by atoms with Crippen molar-refractivity contribution in [2.75, 3.05) is 18.0 Å². The summed E-state index contributed by atoms with van der Waals surface area (Å²) in [6, 6.07) is 1.99. The highest BCUT2D eigenvalue weighted by Crippen LogP contribution is 2.31. The fraction of sp³-hybridized carbons (Fsp3) is 0.636. The minimum absolute atomic E-state index is 0.284. The van der Waals surface area contributed by atoms with E-state index in [4.69, 9.17) is 0 Å². The number of hydrogen-bond acceptors (Lipinski definition) is 4. The zero-order chi connectivity index (χ0) is 11.1. The molecule has 4 nitrogen and oxygen atoms in total. The van der Waals surface area contributed by atoms with Crippen molar-refractivity contribution >= 4 is 5.82 Å². The van der Waals surface area contributed by atoms with Gasteiger partial charge in [0, 0.05) is 0 Å². The van der Waals surface area contributed by atoms with Crippen molar-refractivity contribution in [2.45, 2.75) is 26.4 Å². The minimum atomic E-state index is -0.550. The van der Waals surface area contributed by atoms with Gasteiger partial charge in [-0.15, -0.1) is 5.10 Å². The summed E-state index contributed by atoms with van der Waals surface area (Å²) >= 11 is 0. The van der Waals surface area contributed by atoms with Gasteiger partial charge in [-0.2, -0.15) is 5.10 Å². The number of hydrogen-bond donors (Lipinski definition) is 1. The molecule has 0 radical (unpaired) electrons. The molecular formula is C11H17N3O. The zero-order valence-corrected chi connectivity index (χ0v) is 9.44. The standard InChI is InChI=1S/C11H17N3O/c1-8(2)11(15)6-14(7-11)10-4-9(3)5-12-13-10/h4-5,8,15H,6-7H2,1-3H3. The highest BCUT2D eigenvalue weighted by Gasteiger charge is 2.44. The number of rotatable bonds is 2. The summed E-state index contributed by atoms with van der Waals surface area (Å²) in [7, 11) is 0. The molecule has 0 amide bonds. The van der Waals surface area contributed by atoms with Crippen molar-refractivity contribution in [3.63, 3.8) is 0 Å². The average Bonchev–Trinajstić information content (AvgIpc) is 2.12. The van der Waals surface area contributed by atoms with Gasteiger partial charge in [0.25, 0.3) is 0 Å². The third-order valence-corrected chi connectivity index (χ3v) is 3.11. The first-order valence-corrected chi connectivity index (χ1v) is 5.28. The smallest absolute Gasteiger partial charge is 0.151 e. The Labute approximate surface area is 89.9 Å². The molecule has 1 aromatic rings. The summed E-state index contributed by atoms with van der Waals surface area (Å²) in [4.78, 5) is 2.06. The molecule has 1 fully saturated rings. The zero-order valence-electron chi connectivity index (χ0n) is 9.44. The molecule has 2 heterocycles. The first-order chi connectivity index (χ1) is 7.01. The number of β-amino-alcohol motifs (C(OH)–C–C–N with tert-alkyl or cyclic N) is 1. The van der Waals surface area contributed by atoms with Gasteiger partial charge in [-0.3, -0.25) is 0 Å². The molecule has 0 saturated carbocycles. The Bertz CT molecular complexity index is 359. The van der Waals surface area contributed by atoms with E-state index in [1.165, 1.54) is 0 Å². The summed E-state index contributed by atoms with van der Waals surface area (Å²) in [5, 5.41) is 18.1. The van der Waals surface area contributed by atoms with E-state index >= 15 is 0 Å². The van der Waals surface area contributed by atoms with E-state index in [1.54, 1.807) is 6.20 Å². The maximum atomic E-state index is 10.1. The van der Waals surface area contributed by atoms with Crippen LogP contribution in [0, 0.1) is 12.8 Å². The van der Waals surface area contributed by atoms with Crippen LogP contribution >= 0.6 is 0 Å². The molecule has 1 aliphatic heterocycles. The molecular weight excluding hydrogens is 190 g/mol. The van der Waals surface area contributed by atoms with Gasteiger partial charge in [-0.05, 0) is 24.5 Å². The molecule has 4 heteroatoms. The van der Waals surface area contributed by atoms with Crippen molar-refractivity contribution in [2.24, 2.45) is 5.92 Å². The van der Waals surface area contributed by atoms with Gasteiger partial charge in [0.2, 0.25) is 0 Å². The summed E-state index contributed by atoms with van der Waals surface area (Å²) in [5.41, 5.74) is 0.547. The monoisotopic (exact) mass is 207 g/mol. The van der Waals surface area contributed by atoms with Crippen molar-refractivity contribution in [3.05, 3.63) is 17.8 Å². The fourth-order valence-electron chi connectivity index (χ4n) is 1.75. The third kappa shape index (κ3) is 1.81. The second-order valence-corrected chi connectivity index (χ2v) is 4.71. The molecule has 2 rings (SSSR count). The predicted molar refractivity (Wildman–Crippen MR) is 58.8 cm³/mol. The van der Waals surface area contributed by atoms with Crippen LogP contribution in [-0.4, -0.2) is 34.0 Å². The fourth-order valence-corrected chi connectivity index (χ4v) is 1.75. The van der Waals surface area contributed by atoms with Crippen molar-refractivity contribution < 1.29 is 5.11 Å². The average molecular weight is 207 g/mol. The quantitative estimate of drug-likeness (QED) is 0.785. The van der Waals surface area contributed by atoms with Crippen LogP contribution in [0.1, 0.15) is 19.4 Å². The van der Waals surface area contributed by atoms with E-state index in [9.17, 15) is 5.11 Å². The Hall–Kier alpha value is -1.16. The van der Waals surface area contributed by atoms with Crippen LogP contribution in [0.15, 0.2) is 12.3 Å². The number of nitrogens with zero attached hydrogens (tertiary/aromatic N) is 3. The first-order valence-electron chi connectivity index (χ1n) is 5.28. The van der Waals surface area contributed by atoms with E-state index in [0.29, 0.717) is 13.1 Å². The van der Waals surface area contributed by atoms with Gasteiger partial charge in [-0.1, -0.05) is 13.8 Å². The maximum Gasteiger partial charge on any atom is 0.151 e. The summed E-state index contributed by atoms with van der Waals surface area (Å²) in [6.45, 7) is 7.39. The van der Waals surface area contributed by atoms with Crippen LogP contribution in [0.2, 0.25) is 0 Å². The third-order valence-electron chi connectivity index (χ3n) is 3.11. The van der Waals surface area contributed by atoms with E-state index in [0.717, 1.165) is 11.4 Å². The Balaban J connectivity index is 2.06. The second-order valence-electron chi connectivity index (χ2n) is 4.71. The number of anilines is 1. The first kappa shape index (κ1) is 10.4. The lowest BCUT2D eigenvalue weighted by Gasteiger charge is -2.49. The molecule has 1 aliphatic rings. The SMILES string of the molecule is Cc1cnnc(N2CC(O)(C(C)C)C2)c1. The van der Waals surface area contributed by atoms with Gasteiger partial charge in [-0.25, -0.2) is 0 Å². The summed E-state index contributed by atoms with van der Waals surface area (Å²) in [6.07, 6.45) is 1.73.